The van der Waals surface area contributed by atoms with Gasteiger partial charge in [0.15, 0.2) is 9.84 Å². The van der Waals surface area contributed by atoms with Crippen LogP contribution in [0.25, 0.3) is 0 Å². The number of nitrogens with one attached hydrogen (secondary N) is 1. The van der Waals surface area contributed by atoms with E-state index < -0.39 is 25.9 Å². The Bertz CT molecular complexity index is 764. The highest BCUT2D eigenvalue weighted by atomic mass is 32.3. The van der Waals surface area contributed by atoms with Crippen molar-refractivity contribution in [2.75, 3.05) is 5.75 Å². The largest absolute Gasteiger partial charge is 0.349 e. The number of fused-ring (bicyclic) bond motifs is 1. The second-order valence-corrected chi connectivity index (χ2v) is 9.98. The van der Waals surface area contributed by atoms with Gasteiger partial charge in [-0.25, -0.2) is 22.0 Å². The van der Waals surface area contributed by atoms with Crippen LogP contribution in [0.1, 0.15) is 37.8 Å². The predicted molar refractivity (Wildman–Crippen MR) is 78.2 cm³/mol. The zero-order valence-corrected chi connectivity index (χ0v) is 13.8. The van der Waals surface area contributed by atoms with Gasteiger partial charge in [-0.15, -0.1) is 11.3 Å². The minimum absolute atomic E-state index is 0.0143. The van der Waals surface area contributed by atoms with Crippen molar-refractivity contribution in [1.82, 2.24) is 5.32 Å². The normalized spacial score (nSPS) is 20.8. The molecular weight excluding hydrogens is 336 g/mol. The summed E-state index contributed by atoms with van der Waals surface area (Å²) >= 11 is 0.641. The van der Waals surface area contributed by atoms with Gasteiger partial charge in [-0.1, -0.05) is 6.92 Å². The zero-order valence-electron chi connectivity index (χ0n) is 11.3. The van der Waals surface area contributed by atoms with E-state index in [1.54, 1.807) is 0 Å². The molecule has 3 N–H and O–H groups in total. The Labute approximate surface area is 127 Å². The summed E-state index contributed by atoms with van der Waals surface area (Å²) in [6.07, 6.45) is 1.24. The lowest BCUT2D eigenvalue weighted by atomic mass is 10.1. The average molecular weight is 352 g/mol. The number of carbonyl (C=O) groups is 1. The fraction of sp³-hybridized carbons (Fsp3) is 0.545. The first-order valence-corrected chi connectivity index (χ1v) is 10.4. The maximum absolute atomic E-state index is 12.0. The number of rotatable bonds is 4. The minimum atomic E-state index is -3.97. The summed E-state index contributed by atoms with van der Waals surface area (Å²) in [6, 6.07) is 0.762. The molecule has 0 aliphatic carbocycles. The zero-order chi connectivity index (χ0) is 15.8. The Kier molecular flexibility index (Phi) is 4.43. The van der Waals surface area contributed by atoms with Crippen molar-refractivity contribution in [2.45, 2.75) is 40.6 Å². The predicted octanol–water partition coefficient (Wildman–Crippen LogP) is 0.530. The topological polar surface area (TPSA) is 123 Å². The molecule has 0 bridgehead atoms. The highest BCUT2D eigenvalue weighted by molar-refractivity contribution is 7.95. The van der Waals surface area contributed by atoms with Crippen LogP contribution >= 0.6 is 11.3 Å². The lowest BCUT2D eigenvalue weighted by molar-refractivity contribution is -0.121. The molecule has 1 amide bonds. The first kappa shape index (κ1) is 16.4. The molecule has 10 heteroatoms. The number of hydrogen-bond acceptors (Lipinski definition) is 6. The van der Waals surface area contributed by atoms with Gasteiger partial charge in [0.25, 0.3) is 0 Å². The van der Waals surface area contributed by atoms with Crippen LogP contribution < -0.4 is 10.5 Å². The smallest absolute Gasteiger partial charge is 0.247 e. The number of nitrogens with two attached hydrogens (primary N) is 1. The molecule has 0 fully saturated rings. The molecule has 1 aliphatic heterocycles. The van der Waals surface area contributed by atoms with Gasteiger partial charge in [-0.3, -0.25) is 4.79 Å². The van der Waals surface area contributed by atoms with E-state index >= 15 is 0 Å². The van der Waals surface area contributed by atoms with Gasteiger partial charge in [0.05, 0.1) is 11.8 Å². The lowest BCUT2D eigenvalue weighted by Crippen LogP contribution is -2.32. The summed E-state index contributed by atoms with van der Waals surface area (Å²) in [5.74, 6) is -0.308. The van der Waals surface area contributed by atoms with Crippen molar-refractivity contribution >= 4 is 37.1 Å². The second kappa shape index (κ2) is 5.67. The Morgan fingerprint density at radius 3 is 2.76 bits per heavy atom. The maximum atomic E-state index is 12.0. The third kappa shape index (κ3) is 3.44. The maximum Gasteiger partial charge on any atom is 0.247 e. The summed E-state index contributed by atoms with van der Waals surface area (Å²) in [4.78, 5) is 11.7. The van der Waals surface area contributed by atoms with Crippen LogP contribution in [0.15, 0.2) is 14.5 Å². The molecule has 1 aromatic rings. The van der Waals surface area contributed by atoms with E-state index in [1.807, 2.05) is 6.92 Å². The third-order valence-corrected chi connectivity index (χ3v) is 8.08. The molecule has 0 radical (unpaired) electrons. The molecule has 1 unspecified atom stereocenters. The van der Waals surface area contributed by atoms with Crippen molar-refractivity contribution < 1.29 is 21.6 Å². The van der Waals surface area contributed by atoms with Gasteiger partial charge in [-0.05, 0) is 18.9 Å². The first-order chi connectivity index (χ1) is 9.65. The number of sulfone groups is 1. The number of thiophene rings is 1. The molecule has 1 aromatic heterocycles. The Hall–Kier alpha value is -0.970. The molecule has 0 aromatic carbocycles. The highest BCUT2D eigenvalue weighted by Gasteiger charge is 2.35. The molecule has 7 nitrogen and oxygen atoms in total. The van der Waals surface area contributed by atoms with Crippen LogP contribution in [0.4, 0.5) is 0 Å². The number of carbonyl (C=O) groups excluding carboxylic acids is 1. The monoisotopic (exact) mass is 352 g/mol. The molecule has 21 heavy (non-hydrogen) atoms. The number of amides is 1. The van der Waals surface area contributed by atoms with Crippen molar-refractivity contribution in [2.24, 2.45) is 5.14 Å². The van der Waals surface area contributed by atoms with Crippen molar-refractivity contribution in [3.63, 3.8) is 0 Å². The number of sulfonamides is 1. The minimum Gasteiger partial charge on any atom is -0.349 e. The molecule has 2 rings (SSSR count). The highest BCUT2D eigenvalue weighted by Crippen LogP contribution is 2.39. The summed E-state index contributed by atoms with van der Waals surface area (Å²) in [5, 5.41) is 7.80. The van der Waals surface area contributed by atoms with E-state index in [9.17, 15) is 21.6 Å². The summed E-state index contributed by atoms with van der Waals surface area (Å²) in [5.41, 5.74) is 0.319. The molecule has 0 saturated heterocycles. The van der Waals surface area contributed by atoms with E-state index in [4.69, 9.17) is 5.14 Å². The number of primary sulfonamides is 1. The van der Waals surface area contributed by atoms with Crippen LogP contribution in [-0.4, -0.2) is 28.5 Å². The summed E-state index contributed by atoms with van der Waals surface area (Å²) in [6.45, 7) is 1.86. The quantitative estimate of drug-likeness (QED) is 0.818. The van der Waals surface area contributed by atoms with Gasteiger partial charge in [0.2, 0.25) is 15.9 Å². The standard InChI is InChI=1S/C11H16N2O5S3/c1-2-3-9(14)13-8-4-5-20(15,16)11-7(8)6-10(19-11)21(12,17)18/h6,8H,2-5H2,1H3,(H,13,14)(H2,12,17,18). The van der Waals surface area contributed by atoms with E-state index in [0.717, 1.165) is 0 Å². The van der Waals surface area contributed by atoms with Crippen LogP contribution in [0.5, 0.6) is 0 Å². The van der Waals surface area contributed by atoms with Crippen molar-refractivity contribution in [3.8, 4) is 0 Å². The van der Waals surface area contributed by atoms with Crippen LogP contribution in [0, 0.1) is 0 Å². The Morgan fingerprint density at radius 2 is 2.19 bits per heavy atom. The summed E-state index contributed by atoms with van der Waals surface area (Å²) < 4.78 is 46.6. The van der Waals surface area contributed by atoms with Gasteiger partial charge in [-0.2, -0.15) is 0 Å². The van der Waals surface area contributed by atoms with Gasteiger partial charge >= 0.3 is 0 Å². The third-order valence-electron chi connectivity index (χ3n) is 3.13. The van der Waals surface area contributed by atoms with Gasteiger partial charge in [0.1, 0.15) is 8.42 Å². The first-order valence-electron chi connectivity index (χ1n) is 6.34. The van der Waals surface area contributed by atoms with Gasteiger partial charge < -0.3 is 5.32 Å². The SMILES string of the molecule is CCCC(=O)NC1CCS(=O)(=O)c2sc(S(N)(=O)=O)cc21. The van der Waals surface area contributed by atoms with Gasteiger partial charge in [0, 0.05) is 12.0 Å². The van der Waals surface area contributed by atoms with E-state index in [2.05, 4.69) is 5.32 Å². The van der Waals surface area contributed by atoms with Crippen LogP contribution in [0.2, 0.25) is 0 Å². The average Bonchev–Trinajstić information content (AvgIpc) is 2.79. The summed E-state index contributed by atoms with van der Waals surface area (Å²) in [7, 11) is -7.48. The van der Waals surface area contributed by atoms with Crippen LogP contribution in [-0.2, 0) is 24.7 Å². The fourth-order valence-electron chi connectivity index (χ4n) is 2.16. The van der Waals surface area contributed by atoms with E-state index in [-0.39, 0.29) is 26.5 Å². The van der Waals surface area contributed by atoms with Crippen LogP contribution in [0.3, 0.4) is 0 Å². The second-order valence-electron chi connectivity index (χ2n) is 4.83. The molecule has 0 spiro atoms. The molecule has 2 heterocycles. The van der Waals surface area contributed by atoms with E-state index in [0.29, 0.717) is 29.7 Å². The van der Waals surface area contributed by atoms with Crippen molar-refractivity contribution in [3.05, 3.63) is 11.6 Å². The lowest BCUT2D eigenvalue weighted by Gasteiger charge is -2.23. The number of hydrogen-bond donors (Lipinski definition) is 2. The van der Waals surface area contributed by atoms with Crippen molar-refractivity contribution in [1.29, 1.82) is 0 Å². The van der Waals surface area contributed by atoms with E-state index in [1.165, 1.54) is 6.07 Å². The molecule has 118 valence electrons. The Balaban J connectivity index is 2.44. The fourth-order valence-corrected chi connectivity index (χ4v) is 6.33. The molecule has 1 aliphatic rings. The molecule has 0 saturated carbocycles. The Morgan fingerprint density at radius 1 is 1.52 bits per heavy atom. The molecule has 1 atom stereocenters. The molecular formula is C11H16N2O5S3.